The van der Waals surface area contributed by atoms with Crippen LogP contribution in [0, 0.1) is 0 Å². The number of hydrogen-bond acceptors (Lipinski definition) is 2. The molecule has 2 heterocycles. The van der Waals surface area contributed by atoms with Gasteiger partial charge < -0.3 is 5.11 Å². The van der Waals surface area contributed by atoms with Gasteiger partial charge in [-0.25, -0.2) is 0 Å². The highest BCUT2D eigenvalue weighted by molar-refractivity contribution is 9.10. The molecule has 0 radical (unpaired) electrons. The summed E-state index contributed by atoms with van der Waals surface area (Å²) in [5.41, 5.74) is 0.729. The highest BCUT2D eigenvalue weighted by Crippen LogP contribution is 2.38. The molecule has 3 rings (SSSR count). The Kier molecular flexibility index (Phi) is 3.01. The highest BCUT2D eigenvalue weighted by atomic mass is 79.9. The Morgan fingerprint density at radius 2 is 2.29 bits per heavy atom. The summed E-state index contributed by atoms with van der Waals surface area (Å²) in [5, 5.41) is 10.8. The Morgan fingerprint density at radius 1 is 1.41 bits per heavy atom. The lowest BCUT2D eigenvalue weighted by Gasteiger charge is -2.30. The first kappa shape index (κ1) is 11.7. The summed E-state index contributed by atoms with van der Waals surface area (Å²) in [6.45, 7) is 2.24. The number of fused-ring (bicyclic) bond motifs is 1. The largest absolute Gasteiger partial charge is 0.388 e. The Hall–Kier alpha value is -0.380. The number of aliphatic hydroxyl groups is 1. The second-order valence-corrected chi connectivity index (χ2v) is 6.27. The number of nitrogens with zero attached hydrogens (tertiary/aromatic N) is 1. The molecule has 0 saturated carbocycles. The van der Waals surface area contributed by atoms with E-state index in [1.165, 1.54) is 18.5 Å². The van der Waals surface area contributed by atoms with Crippen LogP contribution in [0.4, 0.5) is 0 Å². The van der Waals surface area contributed by atoms with E-state index in [9.17, 15) is 5.11 Å². The molecular formula is C14H18BrNO. The van der Waals surface area contributed by atoms with Crippen molar-refractivity contribution in [3.63, 3.8) is 0 Å². The van der Waals surface area contributed by atoms with Crippen molar-refractivity contribution in [3.8, 4) is 0 Å². The van der Waals surface area contributed by atoms with Crippen LogP contribution in [0.5, 0.6) is 0 Å². The number of benzene rings is 1. The summed E-state index contributed by atoms with van der Waals surface area (Å²) in [4.78, 5) is 2.46. The minimum atomic E-state index is -0.503. The monoisotopic (exact) mass is 295 g/mol. The van der Waals surface area contributed by atoms with Gasteiger partial charge in [-0.3, -0.25) is 4.90 Å². The standard InChI is InChI=1S/C14H18BrNO/c15-12-4-1-3-11(9-12)10-14(17)6-8-16-7-2-5-13(14)16/h1,3-4,9,13,17H,2,5-8,10H2. The van der Waals surface area contributed by atoms with E-state index in [-0.39, 0.29) is 0 Å². The van der Waals surface area contributed by atoms with Gasteiger partial charge in [-0.1, -0.05) is 28.1 Å². The summed E-state index contributed by atoms with van der Waals surface area (Å²) >= 11 is 3.49. The fourth-order valence-electron chi connectivity index (χ4n) is 3.41. The summed E-state index contributed by atoms with van der Waals surface area (Å²) in [6.07, 6.45) is 4.10. The van der Waals surface area contributed by atoms with Gasteiger partial charge in [0.2, 0.25) is 0 Å². The van der Waals surface area contributed by atoms with Crippen molar-refractivity contribution in [1.29, 1.82) is 0 Å². The molecule has 2 aliphatic rings. The van der Waals surface area contributed by atoms with Crippen LogP contribution in [0.25, 0.3) is 0 Å². The molecule has 2 fully saturated rings. The molecule has 92 valence electrons. The first-order chi connectivity index (χ1) is 8.17. The third kappa shape index (κ3) is 2.16. The summed E-state index contributed by atoms with van der Waals surface area (Å²) < 4.78 is 1.10. The van der Waals surface area contributed by atoms with Gasteiger partial charge in [-0.2, -0.15) is 0 Å². The van der Waals surface area contributed by atoms with Crippen molar-refractivity contribution in [3.05, 3.63) is 34.3 Å². The van der Waals surface area contributed by atoms with Crippen LogP contribution in [0.3, 0.4) is 0 Å². The predicted molar refractivity (Wildman–Crippen MR) is 72.0 cm³/mol. The van der Waals surface area contributed by atoms with Gasteiger partial charge in [0.25, 0.3) is 0 Å². The fourth-order valence-corrected chi connectivity index (χ4v) is 3.86. The molecule has 1 aromatic rings. The summed E-state index contributed by atoms with van der Waals surface area (Å²) in [7, 11) is 0. The summed E-state index contributed by atoms with van der Waals surface area (Å²) in [6, 6.07) is 8.70. The molecule has 2 nitrogen and oxygen atoms in total. The Bertz CT molecular complexity index is 422. The molecular weight excluding hydrogens is 278 g/mol. The smallest absolute Gasteiger partial charge is 0.0854 e. The highest BCUT2D eigenvalue weighted by Gasteiger charge is 2.47. The minimum Gasteiger partial charge on any atom is -0.388 e. The van der Waals surface area contributed by atoms with Gasteiger partial charge in [-0.05, 0) is 43.5 Å². The average molecular weight is 296 g/mol. The minimum absolute atomic E-state index is 0.390. The fraction of sp³-hybridized carbons (Fsp3) is 0.571. The Morgan fingerprint density at radius 3 is 3.12 bits per heavy atom. The van der Waals surface area contributed by atoms with Crippen molar-refractivity contribution >= 4 is 15.9 Å². The second-order valence-electron chi connectivity index (χ2n) is 5.35. The lowest BCUT2D eigenvalue weighted by Crippen LogP contribution is -2.42. The van der Waals surface area contributed by atoms with E-state index in [1.807, 2.05) is 12.1 Å². The molecule has 0 aromatic heterocycles. The van der Waals surface area contributed by atoms with Gasteiger partial charge in [0.05, 0.1) is 5.60 Å². The maximum absolute atomic E-state index is 10.8. The van der Waals surface area contributed by atoms with Crippen LogP contribution in [-0.4, -0.2) is 34.7 Å². The zero-order valence-corrected chi connectivity index (χ0v) is 11.5. The maximum Gasteiger partial charge on any atom is 0.0854 e. The third-order valence-corrected chi connectivity index (χ3v) is 4.71. The summed E-state index contributed by atoms with van der Waals surface area (Å²) in [5.74, 6) is 0. The zero-order chi connectivity index (χ0) is 11.9. The van der Waals surface area contributed by atoms with Crippen LogP contribution in [0.2, 0.25) is 0 Å². The van der Waals surface area contributed by atoms with Crippen LogP contribution in [-0.2, 0) is 6.42 Å². The van der Waals surface area contributed by atoms with Crippen molar-refractivity contribution in [1.82, 2.24) is 4.90 Å². The van der Waals surface area contributed by atoms with Crippen LogP contribution in [0.1, 0.15) is 24.8 Å². The Balaban J connectivity index is 1.80. The molecule has 0 spiro atoms. The molecule has 1 N–H and O–H groups in total. The molecule has 2 saturated heterocycles. The van der Waals surface area contributed by atoms with Crippen LogP contribution >= 0.6 is 15.9 Å². The molecule has 2 atom stereocenters. The van der Waals surface area contributed by atoms with Gasteiger partial charge in [0, 0.05) is 23.5 Å². The lowest BCUT2D eigenvalue weighted by atomic mass is 9.86. The predicted octanol–water partition coefficient (Wildman–Crippen LogP) is 2.59. The van der Waals surface area contributed by atoms with Crippen molar-refractivity contribution in [2.45, 2.75) is 37.3 Å². The maximum atomic E-state index is 10.8. The molecule has 3 heteroatoms. The SMILES string of the molecule is OC1(Cc2cccc(Br)c2)CCN2CCCC21. The first-order valence-electron chi connectivity index (χ1n) is 6.38. The van der Waals surface area contributed by atoms with Gasteiger partial charge in [0.15, 0.2) is 0 Å². The van der Waals surface area contributed by atoms with E-state index in [0.717, 1.165) is 30.3 Å². The topological polar surface area (TPSA) is 23.5 Å². The third-order valence-electron chi connectivity index (χ3n) is 4.22. The molecule has 17 heavy (non-hydrogen) atoms. The van der Waals surface area contributed by atoms with Gasteiger partial charge in [0.1, 0.15) is 0 Å². The van der Waals surface area contributed by atoms with E-state index in [0.29, 0.717) is 6.04 Å². The molecule has 0 aliphatic carbocycles. The quantitative estimate of drug-likeness (QED) is 0.907. The average Bonchev–Trinajstić information content (AvgIpc) is 2.84. The van der Waals surface area contributed by atoms with Crippen LogP contribution < -0.4 is 0 Å². The second kappa shape index (κ2) is 4.38. The zero-order valence-electron chi connectivity index (χ0n) is 9.90. The molecule has 0 bridgehead atoms. The van der Waals surface area contributed by atoms with Crippen molar-refractivity contribution in [2.75, 3.05) is 13.1 Å². The molecule has 1 aromatic carbocycles. The van der Waals surface area contributed by atoms with Crippen molar-refractivity contribution < 1.29 is 5.11 Å². The first-order valence-corrected chi connectivity index (χ1v) is 7.18. The number of rotatable bonds is 2. The van der Waals surface area contributed by atoms with Gasteiger partial charge >= 0.3 is 0 Å². The van der Waals surface area contributed by atoms with E-state index < -0.39 is 5.60 Å². The van der Waals surface area contributed by atoms with E-state index >= 15 is 0 Å². The molecule has 2 aliphatic heterocycles. The van der Waals surface area contributed by atoms with E-state index in [2.05, 4.69) is 33.0 Å². The molecule has 2 unspecified atom stereocenters. The van der Waals surface area contributed by atoms with Crippen molar-refractivity contribution in [2.24, 2.45) is 0 Å². The Labute approximate surface area is 111 Å². The lowest BCUT2D eigenvalue weighted by molar-refractivity contribution is 0.0141. The van der Waals surface area contributed by atoms with Crippen LogP contribution in [0.15, 0.2) is 28.7 Å². The number of halogens is 1. The molecule has 0 amide bonds. The van der Waals surface area contributed by atoms with E-state index in [1.54, 1.807) is 0 Å². The van der Waals surface area contributed by atoms with E-state index in [4.69, 9.17) is 0 Å². The van der Waals surface area contributed by atoms with Gasteiger partial charge in [-0.15, -0.1) is 0 Å². The normalized spacial score (nSPS) is 32.9. The number of hydrogen-bond donors (Lipinski definition) is 1.